The van der Waals surface area contributed by atoms with Gasteiger partial charge in [0.25, 0.3) is 0 Å². The van der Waals surface area contributed by atoms with Crippen LogP contribution in [0.5, 0.6) is 0 Å². The minimum absolute atomic E-state index is 0.186. The highest BCUT2D eigenvalue weighted by atomic mass is 16.2. The fourth-order valence-electron chi connectivity index (χ4n) is 3.58. The van der Waals surface area contributed by atoms with E-state index in [2.05, 4.69) is 23.1 Å². The van der Waals surface area contributed by atoms with Crippen LogP contribution in [-0.2, 0) is 16.6 Å². The van der Waals surface area contributed by atoms with Crippen LogP contribution in [0.25, 0.3) is 0 Å². The third kappa shape index (κ3) is 2.32. The number of fused-ring (bicyclic) bond motifs is 1. The monoisotopic (exact) mass is 294 g/mol. The van der Waals surface area contributed by atoms with Gasteiger partial charge in [-0.2, -0.15) is 0 Å². The van der Waals surface area contributed by atoms with Crippen molar-refractivity contribution < 1.29 is 4.79 Å². The lowest BCUT2D eigenvalue weighted by atomic mass is 9.76. The van der Waals surface area contributed by atoms with Gasteiger partial charge < -0.3 is 9.80 Å². The van der Waals surface area contributed by atoms with Gasteiger partial charge in [0.05, 0.1) is 5.41 Å². The molecule has 1 aliphatic rings. The molecule has 0 bridgehead atoms. The summed E-state index contributed by atoms with van der Waals surface area (Å²) < 4.78 is 0. The second-order valence-corrected chi connectivity index (χ2v) is 6.36. The SMILES string of the molecule is CN(C)CC1(Cc2ccccc2)C(=O)N(C)c2ccccc21. The molecule has 0 saturated carbocycles. The highest BCUT2D eigenvalue weighted by molar-refractivity contribution is 6.08. The van der Waals surface area contributed by atoms with Gasteiger partial charge in [-0.1, -0.05) is 48.5 Å². The van der Waals surface area contributed by atoms with Crippen LogP contribution in [0.2, 0.25) is 0 Å². The van der Waals surface area contributed by atoms with Crippen LogP contribution in [0.1, 0.15) is 11.1 Å². The second-order valence-electron chi connectivity index (χ2n) is 6.36. The van der Waals surface area contributed by atoms with Crippen LogP contribution in [0, 0.1) is 0 Å². The highest BCUT2D eigenvalue weighted by Gasteiger charge is 2.49. The Bertz CT molecular complexity index is 681. The Labute approximate surface area is 132 Å². The number of hydrogen-bond donors (Lipinski definition) is 0. The lowest BCUT2D eigenvalue weighted by Gasteiger charge is -2.31. The molecule has 1 heterocycles. The number of nitrogens with zero attached hydrogens (tertiary/aromatic N) is 2. The van der Waals surface area contributed by atoms with Crippen molar-refractivity contribution in [1.29, 1.82) is 0 Å². The Morgan fingerprint density at radius 1 is 1.00 bits per heavy atom. The second kappa shape index (κ2) is 5.58. The van der Waals surface area contributed by atoms with Gasteiger partial charge in [0, 0.05) is 19.3 Å². The van der Waals surface area contributed by atoms with Crippen molar-refractivity contribution >= 4 is 11.6 Å². The molecule has 0 aromatic heterocycles. The largest absolute Gasteiger partial charge is 0.314 e. The average Bonchev–Trinajstić information content (AvgIpc) is 2.71. The van der Waals surface area contributed by atoms with E-state index in [0.29, 0.717) is 6.54 Å². The molecule has 0 saturated heterocycles. The van der Waals surface area contributed by atoms with Crippen molar-refractivity contribution in [2.24, 2.45) is 0 Å². The van der Waals surface area contributed by atoms with Crippen LogP contribution >= 0.6 is 0 Å². The van der Waals surface area contributed by atoms with Crippen LogP contribution < -0.4 is 4.90 Å². The molecule has 1 amide bonds. The van der Waals surface area contributed by atoms with Crippen molar-refractivity contribution in [1.82, 2.24) is 4.90 Å². The van der Waals surface area contributed by atoms with Gasteiger partial charge >= 0.3 is 0 Å². The maximum absolute atomic E-state index is 13.1. The molecule has 2 aromatic carbocycles. The van der Waals surface area contributed by atoms with Crippen molar-refractivity contribution in [3.8, 4) is 0 Å². The predicted octanol–water partition coefficient (Wildman–Crippen LogP) is 2.71. The van der Waals surface area contributed by atoms with Crippen LogP contribution in [0.3, 0.4) is 0 Å². The maximum Gasteiger partial charge on any atom is 0.239 e. The zero-order valence-corrected chi connectivity index (χ0v) is 13.4. The molecule has 1 unspecified atom stereocenters. The first-order valence-electron chi connectivity index (χ1n) is 7.61. The van der Waals surface area contributed by atoms with Crippen LogP contribution in [0.15, 0.2) is 54.6 Å². The van der Waals surface area contributed by atoms with E-state index >= 15 is 0 Å². The average molecular weight is 294 g/mol. The molecule has 3 rings (SSSR count). The molecular weight excluding hydrogens is 272 g/mol. The van der Waals surface area contributed by atoms with Crippen molar-refractivity contribution in [2.75, 3.05) is 32.6 Å². The first-order chi connectivity index (χ1) is 10.5. The van der Waals surface area contributed by atoms with E-state index in [1.54, 1.807) is 0 Å². The summed E-state index contributed by atoms with van der Waals surface area (Å²) in [6.07, 6.45) is 0.728. The number of anilines is 1. The van der Waals surface area contributed by atoms with Crippen molar-refractivity contribution in [2.45, 2.75) is 11.8 Å². The van der Waals surface area contributed by atoms with E-state index in [4.69, 9.17) is 0 Å². The third-order valence-electron chi connectivity index (χ3n) is 4.43. The fourth-order valence-corrected chi connectivity index (χ4v) is 3.58. The van der Waals surface area contributed by atoms with Gasteiger partial charge in [-0.15, -0.1) is 0 Å². The Kier molecular flexibility index (Phi) is 3.75. The molecule has 114 valence electrons. The molecule has 3 nitrogen and oxygen atoms in total. The van der Waals surface area contributed by atoms with Crippen molar-refractivity contribution in [3.63, 3.8) is 0 Å². The minimum Gasteiger partial charge on any atom is -0.314 e. The summed E-state index contributed by atoms with van der Waals surface area (Å²) in [5, 5.41) is 0. The number of para-hydroxylation sites is 1. The summed E-state index contributed by atoms with van der Waals surface area (Å²) in [4.78, 5) is 17.0. The van der Waals surface area contributed by atoms with Crippen LogP contribution in [0.4, 0.5) is 5.69 Å². The maximum atomic E-state index is 13.1. The normalized spacial score (nSPS) is 20.5. The zero-order chi connectivity index (χ0) is 15.7. The van der Waals surface area contributed by atoms with Crippen LogP contribution in [-0.4, -0.2) is 38.5 Å². The lowest BCUT2D eigenvalue weighted by molar-refractivity contribution is -0.123. The Morgan fingerprint density at radius 2 is 1.64 bits per heavy atom. The molecule has 0 N–H and O–H groups in total. The van der Waals surface area contributed by atoms with E-state index in [1.807, 2.05) is 62.4 Å². The summed E-state index contributed by atoms with van der Waals surface area (Å²) in [6, 6.07) is 18.5. The summed E-state index contributed by atoms with van der Waals surface area (Å²) in [6.45, 7) is 0.710. The van der Waals surface area contributed by atoms with E-state index in [-0.39, 0.29) is 5.91 Å². The number of carbonyl (C=O) groups excluding carboxylic acids is 1. The number of likely N-dealkylation sites (N-methyl/N-ethyl adjacent to an activating group) is 2. The molecule has 1 atom stereocenters. The van der Waals surface area contributed by atoms with Gasteiger partial charge in [-0.3, -0.25) is 4.79 Å². The Balaban J connectivity index is 2.12. The minimum atomic E-state index is -0.504. The van der Waals surface area contributed by atoms with Gasteiger partial charge in [0.2, 0.25) is 5.91 Å². The third-order valence-corrected chi connectivity index (χ3v) is 4.43. The van der Waals surface area contributed by atoms with E-state index < -0.39 is 5.41 Å². The molecule has 0 spiro atoms. The molecule has 0 fully saturated rings. The number of amides is 1. The zero-order valence-electron chi connectivity index (χ0n) is 13.4. The smallest absolute Gasteiger partial charge is 0.239 e. The van der Waals surface area contributed by atoms with E-state index in [0.717, 1.165) is 17.7 Å². The standard InChI is InChI=1S/C19H22N2O/c1-20(2)14-19(13-15-9-5-4-6-10-15)16-11-7-8-12-17(16)21(3)18(19)22/h4-12H,13-14H2,1-3H3. The van der Waals surface area contributed by atoms with Gasteiger partial charge in [-0.25, -0.2) is 0 Å². The van der Waals surface area contributed by atoms with Crippen molar-refractivity contribution in [3.05, 3.63) is 65.7 Å². The Morgan fingerprint density at radius 3 is 2.32 bits per heavy atom. The highest BCUT2D eigenvalue weighted by Crippen LogP contribution is 2.43. The molecule has 2 aromatic rings. The molecule has 0 radical (unpaired) electrons. The van der Waals surface area contributed by atoms with E-state index in [1.165, 1.54) is 5.56 Å². The number of hydrogen-bond acceptors (Lipinski definition) is 2. The molecule has 0 aliphatic carbocycles. The first-order valence-corrected chi connectivity index (χ1v) is 7.61. The molecular formula is C19H22N2O. The quantitative estimate of drug-likeness (QED) is 0.865. The topological polar surface area (TPSA) is 23.6 Å². The van der Waals surface area contributed by atoms with Gasteiger partial charge in [-0.05, 0) is 37.7 Å². The van der Waals surface area contributed by atoms with E-state index in [9.17, 15) is 4.79 Å². The fraction of sp³-hybridized carbons (Fsp3) is 0.316. The summed E-state index contributed by atoms with van der Waals surface area (Å²) in [5.74, 6) is 0.186. The van der Waals surface area contributed by atoms with Gasteiger partial charge in [0.1, 0.15) is 0 Å². The Hall–Kier alpha value is -2.13. The number of rotatable bonds is 4. The summed E-state index contributed by atoms with van der Waals surface area (Å²) in [7, 11) is 5.94. The number of benzene rings is 2. The molecule has 1 aliphatic heterocycles. The van der Waals surface area contributed by atoms with Gasteiger partial charge in [0.15, 0.2) is 0 Å². The molecule has 22 heavy (non-hydrogen) atoms. The first kappa shape index (κ1) is 14.8. The number of carbonyl (C=O) groups is 1. The summed E-state index contributed by atoms with van der Waals surface area (Å²) >= 11 is 0. The summed E-state index contributed by atoms with van der Waals surface area (Å²) in [5.41, 5.74) is 2.86. The lowest BCUT2D eigenvalue weighted by Crippen LogP contribution is -2.47. The predicted molar refractivity (Wildman–Crippen MR) is 90.2 cm³/mol. The molecule has 3 heteroatoms.